The van der Waals surface area contributed by atoms with Crippen LogP contribution < -0.4 is 4.90 Å². The smallest absolute Gasteiger partial charge is 0.252 e. The van der Waals surface area contributed by atoms with Gasteiger partial charge >= 0.3 is 0 Å². The number of nitrogens with zero attached hydrogens (tertiary/aromatic N) is 3. The molecule has 0 saturated carbocycles. The van der Waals surface area contributed by atoms with E-state index < -0.39 is 9.84 Å². The largest absolute Gasteiger partial charge is 0.308 e. The predicted molar refractivity (Wildman–Crippen MR) is 124 cm³/mol. The number of amides is 1. The first kappa shape index (κ1) is 23.5. The number of fused-ring (bicyclic) bond motifs is 1. The van der Waals surface area contributed by atoms with E-state index in [2.05, 4.69) is 4.98 Å². The molecule has 0 bridgehead atoms. The van der Waals surface area contributed by atoms with Gasteiger partial charge in [-0.15, -0.1) is 23.7 Å². The molecule has 3 aromatic rings. The van der Waals surface area contributed by atoms with Crippen molar-refractivity contribution in [3.63, 3.8) is 0 Å². The van der Waals surface area contributed by atoms with Gasteiger partial charge in [0.1, 0.15) is 0 Å². The molecule has 0 radical (unpaired) electrons. The molecule has 0 aliphatic rings. The highest BCUT2D eigenvalue weighted by atomic mass is 35.5. The molecule has 1 amide bonds. The summed E-state index contributed by atoms with van der Waals surface area (Å²) in [5, 5.41) is 2.52. The fourth-order valence-corrected chi connectivity index (χ4v) is 4.84. The third-order valence-electron chi connectivity index (χ3n) is 3.98. The maximum absolute atomic E-state index is 12.9. The van der Waals surface area contributed by atoms with Gasteiger partial charge in [0.2, 0.25) is 0 Å². The van der Waals surface area contributed by atoms with Gasteiger partial charge in [-0.05, 0) is 49.8 Å². The normalized spacial score (nSPS) is 11.9. The lowest BCUT2D eigenvalue weighted by molar-refractivity contribution is -0.114. The summed E-state index contributed by atoms with van der Waals surface area (Å²) >= 11 is 2.88. The third-order valence-corrected chi connectivity index (χ3v) is 6.97. The molecule has 6 nitrogen and oxygen atoms in total. The van der Waals surface area contributed by atoms with Crippen molar-refractivity contribution in [3.05, 3.63) is 46.7 Å². The molecule has 0 saturated heterocycles. The van der Waals surface area contributed by atoms with Crippen molar-refractivity contribution >= 4 is 72.2 Å². The van der Waals surface area contributed by atoms with E-state index in [4.69, 9.17) is 0 Å². The number of aromatic nitrogens is 1. The lowest BCUT2D eigenvalue weighted by Crippen LogP contribution is -2.35. The SMILES string of the molecule is CN(C)CCN(C(=O)/C=C/c1cccs1)c1nc2ccc(S(C)(=O)=O)cc2s1.Cl. The predicted octanol–water partition coefficient (Wildman–Crippen LogP) is 3.79. The highest BCUT2D eigenvalue weighted by molar-refractivity contribution is 7.90. The summed E-state index contributed by atoms with van der Waals surface area (Å²) < 4.78 is 24.4. The number of likely N-dealkylation sites (N-methyl/N-ethyl adjacent to an activating group) is 1. The third kappa shape index (κ3) is 6.10. The summed E-state index contributed by atoms with van der Waals surface area (Å²) in [6.07, 6.45) is 4.53. The summed E-state index contributed by atoms with van der Waals surface area (Å²) in [5.41, 5.74) is 0.678. The zero-order chi connectivity index (χ0) is 20.3. The van der Waals surface area contributed by atoms with Crippen LogP contribution in [0.4, 0.5) is 5.13 Å². The van der Waals surface area contributed by atoms with Gasteiger partial charge in [0.05, 0.1) is 15.1 Å². The first-order chi connectivity index (χ1) is 13.2. The van der Waals surface area contributed by atoms with Crippen molar-refractivity contribution in [2.45, 2.75) is 4.90 Å². The van der Waals surface area contributed by atoms with Crippen LogP contribution in [-0.2, 0) is 14.6 Å². The number of hydrogen-bond acceptors (Lipinski definition) is 7. The molecule has 0 fully saturated rings. The Morgan fingerprint density at radius 3 is 2.59 bits per heavy atom. The number of thiazole rings is 1. The van der Waals surface area contributed by atoms with E-state index in [0.717, 1.165) is 9.58 Å². The number of rotatable bonds is 7. The van der Waals surface area contributed by atoms with Gasteiger partial charge < -0.3 is 4.90 Å². The molecule has 0 atom stereocenters. The van der Waals surface area contributed by atoms with Crippen molar-refractivity contribution < 1.29 is 13.2 Å². The van der Waals surface area contributed by atoms with E-state index >= 15 is 0 Å². The van der Waals surface area contributed by atoms with Crippen LogP contribution in [0.1, 0.15) is 4.88 Å². The molecule has 29 heavy (non-hydrogen) atoms. The zero-order valence-corrected chi connectivity index (χ0v) is 19.5. The second-order valence-electron chi connectivity index (χ2n) is 6.54. The number of thiophene rings is 1. The van der Waals surface area contributed by atoms with E-state index in [9.17, 15) is 13.2 Å². The molecule has 2 aromatic heterocycles. The van der Waals surface area contributed by atoms with Crippen LogP contribution in [0, 0.1) is 0 Å². The monoisotopic (exact) mass is 471 g/mol. The first-order valence-electron chi connectivity index (χ1n) is 8.52. The van der Waals surface area contributed by atoms with Crippen molar-refractivity contribution in [2.75, 3.05) is 38.3 Å². The first-order valence-corrected chi connectivity index (χ1v) is 12.1. The molecule has 0 aliphatic heterocycles. The lowest BCUT2D eigenvalue weighted by atomic mass is 10.3. The van der Waals surface area contributed by atoms with Gasteiger partial charge in [-0.25, -0.2) is 13.4 Å². The molecular formula is C19H22ClN3O3S3. The summed E-state index contributed by atoms with van der Waals surface area (Å²) in [6.45, 7) is 1.17. The Hall–Kier alpha value is -1.78. The minimum Gasteiger partial charge on any atom is -0.308 e. The van der Waals surface area contributed by atoms with Crippen LogP contribution in [0.5, 0.6) is 0 Å². The molecule has 0 aliphatic carbocycles. The van der Waals surface area contributed by atoms with Crippen LogP contribution in [0.25, 0.3) is 16.3 Å². The number of hydrogen-bond donors (Lipinski definition) is 0. The van der Waals surface area contributed by atoms with Gasteiger partial charge in [0.15, 0.2) is 15.0 Å². The molecule has 2 heterocycles. The second-order valence-corrected chi connectivity index (χ2v) is 10.5. The standard InChI is InChI=1S/C19H21N3O3S3.ClH/c1-21(2)10-11-22(18(23)9-6-14-5-4-12-26-14)19-20-16-8-7-15(28(3,24)25)13-17(16)27-19;/h4-9,12-13H,10-11H2,1-3H3;1H/b9-6+;. The molecule has 3 rings (SSSR count). The van der Waals surface area contributed by atoms with Crippen molar-refractivity contribution in [3.8, 4) is 0 Å². The Labute approximate surface area is 184 Å². The second kappa shape index (κ2) is 9.82. The van der Waals surface area contributed by atoms with Gasteiger partial charge in [-0.1, -0.05) is 17.4 Å². The summed E-state index contributed by atoms with van der Waals surface area (Å²) in [6, 6.07) is 8.72. The van der Waals surface area contributed by atoms with Gasteiger partial charge in [0.25, 0.3) is 5.91 Å². The Morgan fingerprint density at radius 1 is 1.21 bits per heavy atom. The quantitative estimate of drug-likeness (QED) is 0.490. The summed E-state index contributed by atoms with van der Waals surface area (Å²) in [7, 11) is 0.596. The minimum absolute atomic E-state index is 0. The molecular weight excluding hydrogens is 450 g/mol. The average molecular weight is 472 g/mol. The van der Waals surface area contributed by atoms with Crippen LogP contribution in [0.2, 0.25) is 0 Å². The van der Waals surface area contributed by atoms with Crippen molar-refractivity contribution in [1.29, 1.82) is 0 Å². The Bertz CT molecular complexity index is 1110. The lowest BCUT2D eigenvalue weighted by Gasteiger charge is -2.20. The fourth-order valence-electron chi connectivity index (χ4n) is 2.47. The van der Waals surface area contributed by atoms with E-state index in [1.54, 1.807) is 46.6 Å². The van der Waals surface area contributed by atoms with Gasteiger partial charge in [-0.3, -0.25) is 9.69 Å². The summed E-state index contributed by atoms with van der Waals surface area (Å²) in [4.78, 5) is 22.3. The number of halogens is 1. The zero-order valence-electron chi connectivity index (χ0n) is 16.2. The number of carbonyl (C=O) groups is 1. The minimum atomic E-state index is -3.30. The molecule has 0 unspecified atom stereocenters. The Kier molecular flexibility index (Phi) is 7.95. The molecule has 10 heteroatoms. The maximum atomic E-state index is 12.9. The van der Waals surface area contributed by atoms with Gasteiger partial charge in [0, 0.05) is 30.3 Å². The number of anilines is 1. The average Bonchev–Trinajstić information content (AvgIpc) is 3.27. The van der Waals surface area contributed by atoms with Crippen LogP contribution >= 0.6 is 35.1 Å². The molecule has 0 N–H and O–H groups in total. The summed E-state index contributed by atoms with van der Waals surface area (Å²) in [5.74, 6) is -0.155. The number of carbonyl (C=O) groups excluding carboxylic acids is 1. The van der Waals surface area contributed by atoms with Crippen LogP contribution in [-0.4, -0.2) is 57.6 Å². The number of sulfone groups is 1. The Balaban J connectivity index is 0.00000300. The molecule has 1 aromatic carbocycles. The van der Waals surface area contributed by atoms with E-state index in [-0.39, 0.29) is 23.2 Å². The maximum Gasteiger partial charge on any atom is 0.252 e. The van der Waals surface area contributed by atoms with E-state index in [1.165, 1.54) is 17.6 Å². The van der Waals surface area contributed by atoms with E-state index in [1.807, 2.05) is 36.5 Å². The highest BCUT2D eigenvalue weighted by Gasteiger charge is 2.19. The van der Waals surface area contributed by atoms with Crippen molar-refractivity contribution in [2.24, 2.45) is 0 Å². The topological polar surface area (TPSA) is 70.6 Å². The highest BCUT2D eigenvalue weighted by Crippen LogP contribution is 2.31. The molecule has 0 spiro atoms. The number of benzene rings is 1. The Morgan fingerprint density at radius 2 is 1.97 bits per heavy atom. The molecule has 156 valence electrons. The van der Waals surface area contributed by atoms with E-state index in [0.29, 0.717) is 23.7 Å². The van der Waals surface area contributed by atoms with Crippen molar-refractivity contribution in [1.82, 2.24) is 9.88 Å². The van der Waals surface area contributed by atoms with Gasteiger partial charge in [-0.2, -0.15) is 0 Å². The van der Waals surface area contributed by atoms with Crippen LogP contribution in [0.15, 0.2) is 46.7 Å². The van der Waals surface area contributed by atoms with Crippen LogP contribution in [0.3, 0.4) is 0 Å². The fraction of sp³-hybridized carbons (Fsp3) is 0.263.